The number of hydrogen-bond acceptors (Lipinski definition) is 3. The first-order valence-corrected chi connectivity index (χ1v) is 9.88. The van der Waals surface area contributed by atoms with Crippen molar-refractivity contribution in [2.24, 2.45) is 17.3 Å². The smallest absolute Gasteiger partial charge is 0.308 e. The summed E-state index contributed by atoms with van der Waals surface area (Å²) in [7, 11) is 0. The summed E-state index contributed by atoms with van der Waals surface area (Å²) in [5, 5.41) is 9.79. The van der Waals surface area contributed by atoms with Crippen LogP contribution >= 0.6 is 0 Å². The van der Waals surface area contributed by atoms with Gasteiger partial charge in [-0.3, -0.25) is 9.69 Å². The first-order chi connectivity index (χ1) is 12.4. The number of likely N-dealkylation sites (tertiary alicyclic amines) is 2. The molecule has 0 bridgehead atoms. The van der Waals surface area contributed by atoms with E-state index in [1.807, 2.05) is 13.0 Å². The molecule has 1 saturated carbocycles. The zero-order chi connectivity index (χ0) is 18.3. The zero-order valence-electron chi connectivity index (χ0n) is 15.6. The van der Waals surface area contributed by atoms with E-state index in [1.54, 1.807) is 6.07 Å². The summed E-state index contributed by atoms with van der Waals surface area (Å²) in [5.74, 6) is -0.224. The summed E-state index contributed by atoms with van der Waals surface area (Å²) in [6.45, 7) is 7.40. The summed E-state index contributed by atoms with van der Waals surface area (Å²) >= 11 is 0. The lowest BCUT2D eigenvalue weighted by molar-refractivity contribution is -0.146. The van der Waals surface area contributed by atoms with E-state index >= 15 is 0 Å². The van der Waals surface area contributed by atoms with Gasteiger partial charge in [0.15, 0.2) is 0 Å². The number of halogens is 1. The van der Waals surface area contributed by atoms with Crippen molar-refractivity contribution in [1.29, 1.82) is 0 Å². The average molecular weight is 360 g/mol. The van der Waals surface area contributed by atoms with E-state index in [2.05, 4.69) is 9.80 Å². The molecule has 4 nitrogen and oxygen atoms in total. The molecular weight excluding hydrogens is 331 g/mol. The van der Waals surface area contributed by atoms with Crippen LogP contribution in [-0.4, -0.2) is 53.6 Å². The highest BCUT2D eigenvalue weighted by Crippen LogP contribution is 2.46. The number of carboxylic acid groups (broad SMARTS) is 1. The molecule has 2 heterocycles. The fraction of sp³-hybridized carbons (Fsp3) is 0.667. The van der Waals surface area contributed by atoms with Gasteiger partial charge in [-0.15, -0.1) is 0 Å². The Labute approximate surface area is 155 Å². The Morgan fingerprint density at radius 1 is 1.27 bits per heavy atom. The molecule has 4 rings (SSSR count). The fourth-order valence-corrected chi connectivity index (χ4v) is 4.96. The number of carbonyl (C=O) groups is 1. The van der Waals surface area contributed by atoms with E-state index in [-0.39, 0.29) is 17.2 Å². The topological polar surface area (TPSA) is 43.8 Å². The molecule has 3 fully saturated rings. The van der Waals surface area contributed by atoms with E-state index in [1.165, 1.54) is 24.5 Å². The van der Waals surface area contributed by atoms with Gasteiger partial charge in [0.1, 0.15) is 5.82 Å². The number of aliphatic carboxylic acids is 1. The van der Waals surface area contributed by atoms with Gasteiger partial charge in [0.25, 0.3) is 0 Å². The predicted octanol–water partition coefficient (Wildman–Crippen LogP) is 3.14. The second-order valence-electron chi connectivity index (χ2n) is 8.74. The molecule has 142 valence electrons. The van der Waals surface area contributed by atoms with Crippen LogP contribution in [0.25, 0.3) is 0 Å². The molecule has 1 atom stereocenters. The van der Waals surface area contributed by atoms with Crippen molar-refractivity contribution in [2.75, 3.05) is 32.7 Å². The van der Waals surface area contributed by atoms with E-state index < -0.39 is 5.97 Å². The summed E-state index contributed by atoms with van der Waals surface area (Å²) in [6, 6.07) is 5.00. The molecular formula is C21H29FN2O2. The maximum absolute atomic E-state index is 13.3. The Hall–Kier alpha value is -1.46. The molecule has 1 N–H and O–H groups in total. The van der Waals surface area contributed by atoms with Crippen LogP contribution in [0.5, 0.6) is 0 Å². The second kappa shape index (κ2) is 6.93. The average Bonchev–Trinajstić information content (AvgIpc) is 3.33. The highest BCUT2D eigenvalue weighted by Gasteiger charge is 2.51. The number of carboxylic acids is 1. The van der Waals surface area contributed by atoms with Gasteiger partial charge < -0.3 is 10.0 Å². The lowest BCUT2D eigenvalue weighted by Gasteiger charge is -2.41. The first kappa shape index (κ1) is 17.9. The highest BCUT2D eigenvalue weighted by atomic mass is 19.1. The summed E-state index contributed by atoms with van der Waals surface area (Å²) < 4.78 is 13.3. The Bertz CT molecular complexity index is 681. The van der Waals surface area contributed by atoms with Gasteiger partial charge in [-0.25, -0.2) is 4.39 Å². The van der Waals surface area contributed by atoms with Gasteiger partial charge in [0.2, 0.25) is 0 Å². The minimum absolute atomic E-state index is 0.0605. The Morgan fingerprint density at radius 3 is 2.62 bits per heavy atom. The van der Waals surface area contributed by atoms with Crippen LogP contribution in [0.1, 0.15) is 36.8 Å². The molecule has 5 heteroatoms. The minimum atomic E-state index is -0.619. The number of piperidine rings is 1. The van der Waals surface area contributed by atoms with Gasteiger partial charge in [-0.05, 0) is 74.9 Å². The molecule has 0 amide bonds. The molecule has 26 heavy (non-hydrogen) atoms. The normalized spacial score (nSPS) is 26.5. The van der Waals surface area contributed by atoms with Gasteiger partial charge in [0, 0.05) is 31.6 Å². The van der Waals surface area contributed by atoms with Crippen molar-refractivity contribution in [3.8, 4) is 0 Å². The van der Waals surface area contributed by atoms with Crippen LogP contribution in [0.3, 0.4) is 0 Å². The fourth-order valence-electron chi connectivity index (χ4n) is 4.96. The van der Waals surface area contributed by atoms with Crippen LogP contribution in [0.4, 0.5) is 4.39 Å². The van der Waals surface area contributed by atoms with Crippen LogP contribution in [0.15, 0.2) is 18.2 Å². The van der Waals surface area contributed by atoms with Gasteiger partial charge in [0.05, 0.1) is 5.92 Å². The standard InChI is InChI=1S/C21H29FN2O2/c1-15-10-18(22)5-4-17(15)12-23-8-6-21(7-9-23)14-24(11-16-2-3-16)13-19(21)20(25)26/h4-5,10,16,19H,2-3,6-9,11-14H2,1H3,(H,25,26). The first-order valence-electron chi connectivity index (χ1n) is 9.88. The van der Waals surface area contributed by atoms with Crippen LogP contribution in [-0.2, 0) is 11.3 Å². The molecule has 2 saturated heterocycles. The molecule has 3 aliphatic rings. The molecule has 1 aromatic rings. The van der Waals surface area contributed by atoms with Crippen LogP contribution < -0.4 is 0 Å². The largest absolute Gasteiger partial charge is 0.481 e. The van der Waals surface area contributed by atoms with E-state index in [0.717, 1.165) is 63.6 Å². The predicted molar refractivity (Wildman–Crippen MR) is 98.4 cm³/mol. The Balaban J connectivity index is 1.40. The zero-order valence-corrected chi connectivity index (χ0v) is 15.6. The molecule has 0 radical (unpaired) electrons. The summed E-state index contributed by atoms with van der Waals surface area (Å²) in [4.78, 5) is 16.7. The number of rotatable bonds is 5. The lowest BCUT2D eigenvalue weighted by Crippen LogP contribution is -2.45. The number of nitrogens with zero attached hydrogens (tertiary/aromatic N) is 2. The molecule has 1 spiro atoms. The van der Waals surface area contributed by atoms with Gasteiger partial charge in [-0.1, -0.05) is 6.07 Å². The SMILES string of the molecule is Cc1cc(F)ccc1CN1CCC2(CC1)CN(CC1CC1)CC2C(=O)O. The Morgan fingerprint density at radius 2 is 2.00 bits per heavy atom. The van der Waals surface area contributed by atoms with E-state index in [4.69, 9.17) is 0 Å². The number of benzene rings is 1. The second-order valence-corrected chi connectivity index (χ2v) is 8.74. The van der Waals surface area contributed by atoms with Crippen LogP contribution in [0, 0.1) is 30.0 Å². The summed E-state index contributed by atoms with van der Waals surface area (Å²) in [5.41, 5.74) is 2.10. The number of aryl methyl sites for hydroxylation is 1. The quantitative estimate of drug-likeness (QED) is 0.876. The van der Waals surface area contributed by atoms with Crippen molar-refractivity contribution in [3.63, 3.8) is 0 Å². The van der Waals surface area contributed by atoms with Crippen LogP contribution in [0.2, 0.25) is 0 Å². The highest BCUT2D eigenvalue weighted by molar-refractivity contribution is 5.72. The third kappa shape index (κ3) is 3.65. The summed E-state index contributed by atoms with van der Waals surface area (Å²) in [6.07, 6.45) is 4.52. The molecule has 1 unspecified atom stereocenters. The van der Waals surface area contributed by atoms with Crippen molar-refractivity contribution in [2.45, 2.75) is 39.2 Å². The van der Waals surface area contributed by atoms with E-state index in [0.29, 0.717) is 0 Å². The maximum Gasteiger partial charge on any atom is 0.308 e. The van der Waals surface area contributed by atoms with Gasteiger partial charge in [-0.2, -0.15) is 0 Å². The van der Waals surface area contributed by atoms with Crippen molar-refractivity contribution in [1.82, 2.24) is 9.80 Å². The molecule has 0 aromatic heterocycles. The number of hydrogen-bond donors (Lipinski definition) is 1. The monoisotopic (exact) mass is 360 g/mol. The van der Waals surface area contributed by atoms with Crippen molar-refractivity contribution >= 4 is 5.97 Å². The molecule has 1 aromatic carbocycles. The van der Waals surface area contributed by atoms with Gasteiger partial charge >= 0.3 is 5.97 Å². The van der Waals surface area contributed by atoms with Crippen molar-refractivity contribution < 1.29 is 14.3 Å². The minimum Gasteiger partial charge on any atom is -0.481 e. The molecule has 1 aliphatic carbocycles. The lowest BCUT2D eigenvalue weighted by atomic mass is 9.71. The van der Waals surface area contributed by atoms with E-state index in [9.17, 15) is 14.3 Å². The molecule has 2 aliphatic heterocycles. The van der Waals surface area contributed by atoms with Crippen molar-refractivity contribution in [3.05, 3.63) is 35.1 Å². The Kier molecular flexibility index (Phi) is 4.78. The third-order valence-corrected chi connectivity index (χ3v) is 6.78. The maximum atomic E-state index is 13.3. The third-order valence-electron chi connectivity index (χ3n) is 6.78.